The Bertz CT molecular complexity index is 644. The number of carbonyl (C=O) groups excluding carboxylic acids is 1. The quantitative estimate of drug-likeness (QED) is 0.739. The third-order valence-electron chi connectivity index (χ3n) is 3.25. The van der Waals surface area contributed by atoms with Gasteiger partial charge in [-0.3, -0.25) is 4.79 Å². The maximum Gasteiger partial charge on any atom is 0.221 e. The SMILES string of the molecule is CCOc1ccccc1Oc1ccc(CNC(=O)CCNC)cn1. The van der Waals surface area contributed by atoms with Crippen LogP contribution in [0.15, 0.2) is 42.6 Å². The molecule has 0 aliphatic rings. The fourth-order valence-electron chi connectivity index (χ4n) is 2.03. The molecule has 2 N–H and O–H groups in total. The second-order valence-electron chi connectivity index (χ2n) is 5.12. The molecule has 6 nitrogen and oxygen atoms in total. The van der Waals surface area contributed by atoms with Crippen LogP contribution in [0.3, 0.4) is 0 Å². The molecule has 0 saturated carbocycles. The summed E-state index contributed by atoms with van der Waals surface area (Å²) in [4.78, 5) is 15.8. The summed E-state index contributed by atoms with van der Waals surface area (Å²) >= 11 is 0. The third kappa shape index (κ3) is 5.55. The van der Waals surface area contributed by atoms with Crippen LogP contribution in [0.1, 0.15) is 18.9 Å². The molecule has 0 bridgehead atoms. The Balaban J connectivity index is 1.91. The monoisotopic (exact) mass is 329 g/mol. The first-order chi connectivity index (χ1) is 11.7. The standard InChI is InChI=1S/C18H23N3O3/c1-3-23-15-6-4-5-7-16(15)24-18-9-8-14(13-21-18)12-20-17(22)10-11-19-2/h4-9,13,19H,3,10-12H2,1-2H3,(H,20,22). The van der Waals surface area contributed by atoms with Crippen molar-refractivity contribution < 1.29 is 14.3 Å². The molecule has 0 fully saturated rings. The smallest absolute Gasteiger partial charge is 0.221 e. The second kappa shape index (κ2) is 9.52. The minimum Gasteiger partial charge on any atom is -0.490 e. The maximum absolute atomic E-state index is 11.6. The van der Waals surface area contributed by atoms with Gasteiger partial charge in [-0.1, -0.05) is 18.2 Å². The van der Waals surface area contributed by atoms with Crippen molar-refractivity contribution in [3.8, 4) is 17.4 Å². The molecule has 0 aliphatic heterocycles. The van der Waals surface area contributed by atoms with Crippen molar-refractivity contribution in [1.29, 1.82) is 0 Å². The summed E-state index contributed by atoms with van der Waals surface area (Å²) in [6.45, 7) is 3.61. The average Bonchev–Trinajstić information content (AvgIpc) is 2.61. The number of aromatic nitrogens is 1. The van der Waals surface area contributed by atoms with E-state index in [9.17, 15) is 4.79 Å². The van der Waals surface area contributed by atoms with Crippen molar-refractivity contribution in [3.63, 3.8) is 0 Å². The number of pyridine rings is 1. The number of hydrogen-bond donors (Lipinski definition) is 2. The largest absolute Gasteiger partial charge is 0.490 e. The summed E-state index contributed by atoms with van der Waals surface area (Å²) < 4.78 is 11.3. The number of nitrogens with zero attached hydrogens (tertiary/aromatic N) is 1. The van der Waals surface area contributed by atoms with Crippen LogP contribution in [-0.4, -0.2) is 31.1 Å². The molecule has 1 aromatic carbocycles. The second-order valence-corrected chi connectivity index (χ2v) is 5.12. The van der Waals surface area contributed by atoms with Crippen LogP contribution in [-0.2, 0) is 11.3 Å². The van der Waals surface area contributed by atoms with Crippen LogP contribution in [0.5, 0.6) is 17.4 Å². The average molecular weight is 329 g/mol. The highest BCUT2D eigenvalue weighted by Crippen LogP contribution is 2.30. The van der Waals surface area contributed by atoms with Gasteiger partial charge >= 0.3 is 0 Å². The summed E-state index contributed by atoms with van der Waals surface area (Å²) in [5.41, 5.74) is 0.915. The van der Waals surface area contributed by atoms with Crippen LogP contribution in [0, 0.1) is 0 Å². The van der Waals surface area contributed by atoms with E-state index in [0.717, 1.165) is 5.56 Å². The van der Waals surface area contributed by atoms with E-state index in [4.69, 9.17) is 9.47 Å². The number of ether oxygens (including phenoxy) is 2. The predicted octanol–water partition coefficient (Wildman–Crippen LogP) is 2.50. The number of carbonyl (C=O) groups is 1. The van der Waals surface area contributed by atoms with Crippen LogP contribution < -0.4 is 20.1 Å². The lowest BCUT2D eigenvalue weighted by Gasteiger charge is -2.11. The molecule has 1 amide bonds. The Morgan fingerprint density at radius 3 is 2.62 bits per heavy atom. The zero-order chi connectivity index (χ0) is 17.2. The molecular weight excluding hydrogens is 306 g/mol. The van der Waals surface area contributed by atoms with Crippen molar-refractivity contribution in [1.82, 2.24) is 15.6 Å². The Kier molecular flexibility index (Phi) is 7.04. The van der Waals surface area contributed by atoms with E-state index in [0.29, 0.717) is 43.5 Å². The number of rotatable bonds is 9. The summed E-state index contributed by atoms with van der Waals surface area (Å²) in [6.07, 6.45) is 2.15. The molecule has 128 valence electrons. The zero-order valence-electron chi connectivity index (χ0n) is 14.0. The van der Waals surface area contributed by atoms with Gasteiger partial charge < -0.3 is 20.1 Å². The molecule has 0 aliphatic carbocycles. The molecule has 0 atom stereocenters. The maximum atomic E-state index is 11.6. The third-order valence-corrected chi connectivity index (χ3v) is 3.25. The summed E-state index contributed by atoms with van der Waals surface area (Å²) in [5, 5.41) is 5.79. The van der Waals surface area contributed by atoms with Crippen molar-refractivity contribution in [2.24, 2.45) is 0 Å². The molecule has 0 unspecified atom stereocenters. The Labute approximate surface area is 142 Å². The highest BCUT2D eigenvalue weighted by atomic mass is 16.5. The van der Waals surface area contributed by atoms with Gasteiger partial charge in [0.05, 0.1) is 6.61 Å². The Hall–Kier alpha value is -2.60. The van der Waals surface area contributed by atoms with Gasteiger partial charge in [-0.25, -0.2) is 4.98 Å². The lowest BCUT2D eigenvalue weighted by atomic mass is 10.2. The number of benzene rings is 1. The molecular formula is C18H23N3O3. The molecule has 6 heteroatoms. The van der Waals surface area contributed by atoms with E-state index in [-0.39, 0.29) is 5.91 Å². The molecule has 0 spiro atoms. The molecule has 24 heavy (non-hydrogen) atoms. The minimum atomic E-state index is 0.00955. The minimum absolute atomic E-state index is 0.00955. The van der Waals surface area contributed by atoms with Crippen molar-refractivity contribution >= 4 is 5.91 Å². The first-order valence-corrected chi connectivity index (χ1v) is 7.99. The van der Waals surface area contributed by atoms with Crippen LogP contribution >= 0.6 is 0 Å². The van der Waals surface area contributed by atoms with Crippen LogP contribution in [0.2, 0.25) is 0 Å². The fraction of sp³-hybridized carbons (Fsp3) is 0.333. The number of para-hydroxylation sites is 2. The van der Waals surface area contributed by atoms with E-state index >= 15 is 0 Å². The summed E-state index contributed by atoms with van der Waals surface area (Å²) in [7, 11) is 1.82. The van der Waals surface area contributed by atoms with E-state index in [2.05, 4.69) is 15.6 Å². The van der Waals surface area contributed by atoms with Crippen LogP contribution in [0.4, 0.5) is 0 Å². The molecule has 1 aromatic heterocycles. The van der Waals surface area contributed by atoms with Gasteiger partial charge in [-0.2, -0.15) is 0 Å². The topological polar surface area (TPSA) is 72.5 Å². The molecule has 2 rings (SSSR count). The summed E-state index contributed by atoms with van der Waals surface area (Å²) in [5.74, 6) is 1.80. The van der Waals surface area contributed by atoms with E-state index in [1.54, 1.807) is 12.3 Å². The summed E-state index contributed by atoms with van der Waals surface area (Å²) in [6, 6.07) is 11.1. The molecule has 1 heterocycles. The van der Waals surface area contributed by atoms with Gasteiger partial charge in [0.25, 0.3) is 0 Å². The van der Waals surface area contributed by atoms with Crippen molar-refractivity contribution in [2.75, 3.05) is 20.2 Å². The van der Waals surface area contributed by atoms with Gasteiger partial charge in [-0.05, 0) is 31.7 Å². The van der Waals surface area contributed by atoms with E-state index in [1.807, 2.05) is 44.3 Å². The van der Waals surface area contributed by atoms with Crippen molar-refractivity contribution in [2.45, 2.75) is 19.9 Å². The Morgan fingerprint density at radius 2 is 1.96 bits per heavy atom. The first-order valence-electron chi connectivity index (χ1n) is 7.99. The number of nitrogens with one attached hydrogen (secondary N) is 2. The normalized spacial score (nSPS) is 10.2. The van der Waals surface area contributed by atoms with Crippen molar-refractivity contribution in [3.05, 3.63) is 48.2 Å². The van der Waals surface area contributed by atoms with E-state index in [1.165, 1.54) is 0 Å². The fourth-order valence-corrected chi connectivity index (χ4v) is 2.03. The molecule has 0 saturated heterocycles. The van der Waals surface area contributed by atoms with Gasteiger partial charge in [0.15, 0.2) is 11.5 Å². The number of amides is 1. The lowest BCUT2D eigenvalue weighted by Crippen LogP contribution is -2.26. The Morgan fingerprint density at radius 1 is 1.17 bits per heavy atom. The highest BCUT2D eigenvalue weighted by molar-refractivity contribution is 5.76. The predicted molar refractivity (Wildman–Crippen MR) is 92.3 cm³/mol. The van der Waals surface area contributed by atoms with Gasteiger partial charge in [-0.15, -0.1) is 0 Å². The van der Waals surface area contributed by atoms with Gasteiger partial charge in [0, 0.05) is 31.8 Å². The van der Waals surface area contributed by atoms with Gasteiger partial charge in [0.1, 0.15) is 0 Å². The van der Waals surface area contributed by atoms with Gasteiger partial charge in [0.2, 0.25) is 11.8 Å². The number of hydrogen-bond acceptors (Lipinski definition) is 5. The highest BCUT2D eigenvalue weighted by Gasteiger charge is 2.06. The molecule has 2 aromatic rings. The van der Waals surface area contributed by atoms with Crippen LogP contribution in [0.25, 0.3) is 0 Å². The lowest BCUT2D eigenvalue weighted by molar-refractivity contribution is -0.121. The molecule has 0 radical (unpaired) electrons. The zero-order valence-corrected chi connectivity index (χ0v) is 14.0. The van der Waals surface area contributed by atoms with E-state index < -0.39 is 0 Å². The first kappa shape index (κ1) is 17.7.